The number of Topliss-reactive ketones (excluding diaryl/α,β-unsaturated/α-hetero) is 1. The summed E-state index contributed by atoms with van der Waals surface area (Å²) in [5.74, 6) is 1.21. The van der Waals surface area contributed by atoms with Crippen LogP contribution in [0, 0.1) is 5.41 Å². The van der Waals surface area contributed by atoms with Gasteiger partial charge in [-0.25, -0.2) is 0 Å². The van der Waals surface area contributed by atoms with Gasteiger partial charge in [0.25, 0.3) is 0 Å². The fourth-order valence-corrected chi connectivity index (χ4v) is 6.06. The molecule has 1 unspecified atom stereocenters. The Morgan fingerprint density at radius 1 is 1.11 bits per heavy atom. The van der Waals surface area contributed by atoms with Crippen molar-refractivity contribution in [2.24, 2.45) is 5.41 Å². The molecule has 0 spiro atoms. The molecule has 1 aromatic heterocycles. The van der Waals surface area contributed by atoms with Gasteiger partial charge in [0.05, 0.1) is 44.7 Å². The highest BCUT2D eigenvalue weighted by molar-refractivity contribution is 7.09. The summed E-state index contributed by atoms with van der Waals surface area (Å²) < 4.78 is 11.4. The number of carbonyl (C=O) groups is 2. The largest absolute Gasteiger partial charge is 0.497 e. The van der Waals surface area contributed by atoms with Crippen LogP contribution in [0.15, 0.2) is 71.2 Å². The third-order valence-electron chi connectivity index (χ3n) is 7.09. The zero-order valence-corrected chi connectivity index (χ0v) is 23.0. The molecule has 3 aromatic rings. The van der Waals surface area contributed by atoms with E-state index >= 15 is 0 Å². The van der Waals surface area contributed by atoms with E-state index in [2.05, 4.69) is 24.5 Å². The number of para-hydroxylation sites is 2. The van der Waals surface area contributed by atoms with Crippen LogP contribution in [0.2, 0.25) is 0 Å². The van der Waals surface area contributed by atoms with Crippen molar-refractivity contribution in [3.8, 4) is 11.5 Å². The minimum atomic E-state index is -0.553. The van der Waals surface area contributed by atoms with Gasteiger partial charge < -0.3 is 25.0 Å². The van der Waals surface area contributed by atoms with Crippen molar-refractivity contribution in [1.29, 1.82) is 0 Å². The first kappa shape index (κ1) is 25.9. The lowest BCUT2D eigenvalue weighted by atomic mass is 9.73. The summed E-state index contributed by atoms with van der Waals surface area (Å²) in [5.41, 5.74) is 3.84. The molecular weight excluding hydrogens is 498 g/mol. The van der Waals surface area contributed by atoms with Gasteiger partial charge in [-0.05, 0) is 53.6 Å². The first-order chi connectivity index (χ1) is 18.3. The summed E-state index contributed by atoms with van der Waals surface area (Å²) in [5, 5.41) is 8.63. The van der Waals surface area contributed by atoms with E-state index in [1.165, 1.54) is 0 Å². The molecule has 1 aliphatic carbocycles. The Kier molecular flexibility index (Phi) is 7.17. The Morgan fingerprint density at radius 3 is 2.66 bits per heavy atom. The van der Waals surface area contributed by atoms with Gasteiger partial charge in [0.1, 0.15) is 11.5 Å². The maximum atomic E-state index is 13.9. The second-order valence-electron chi connectivity index (χ2n) is 10.5. The number of carbonyl (C=O) groups excluding carboxylic acids is 2. The van der Waals surface area contributed by atoms with Gasteiger partial charge in [0.2, 0.25) is 5.91 Å². The molecule has 1 atom stereocenters. The number of ether oxygens (including phenoxy) is 2. The summed E-state index contributed by atoms with van der Waals surface area (Å²) in [6.07, 6.45) is 1.13. The highest BCUT2D eigenvalue weighted by Gasteiger charge is 2.42. The first-order valence-electron chi connectivity index (χ1n) is 12.7. The van der Waals surface area contributed by atoms with E-state index in [-0.39, 0.29) is 23.7 Å². The number of nitrogens with zero attached hydrogens (tertiary/aromatic N) is 1. The average molecular weight is 532 g/mol. The molecule has 2 aromatic carbocycles. The van der Waals surface area contributed by atoms with Gasteiger partial charge >= 0.3 is 0 Å². The van der Waals surface area contributed by atoms with E-state index in [0.29, 0.717) is 36.5 Å². The monoisotopic (exact) mass is 531 g/mol. The number of methoxy groups -OCH3 is 2. The van der Waals surface area contributed by atoms with Crippen LogP contribution >= 0.6 is 11.3 Å². The van der Waals surface area contributed by atoms with E-state index in [0.717, 1.165) is 27.5 Å². The molecule has 8 heteroatoms. The Bertz CT molecular complexity index is 1380. The van der Waals surface area contributed by atoms with Gasteiger partial charge in [-0.1, -0.05) is 32.0 Å². The smallest absolute Gasteiger partial charge is 0.239 e. The second-order valence-corrected chi connectivity index (χ2v) is 11.5. The Hall–Kier alpha value is -3.78. The molecule has 198 valence electrons. The lowest BCUT2D eigenvalue weighted by Crippen LogP contribution is -2.42. The lowest BCUT2D eigenvalue weighted by molar-refractivity contribution is -0.120. The minimum absolute atomic E-state index is 0.0581. The zero-order chi connectivity index (χ0) is 26.9. The second kappa shape index (κ2) is 10.5. The van der Waals surface area contributed by atoms with Crippen LogP contribution in [0.4, 0.5) is 11.4 Å². The molecule has 0 fully saturated rings. The van der Waals surface area contributed by atoms with Gasteiger partial charge in [-0.15, -0.1) is 11.3 Å². The van der Waals surface area contributed by atoms with Crippen LogP contribution in [-0.2, 0) is 16.1 Å². The fourth-order valence-electron chi connectivity index (χ4n) is 5.41. The molecule has 0 saturated heterocycles. The Labute approximate surface area is 227 Å². The Morgan fingerprint density at radius 2 is 1.92 bits per heavy atom. The van der Waals surface area contributed by atoms with Crippen molar-refractivity contribution in [1.82, 2.24) is 5.32 Å². The number of thiophene rings is 1. The lowest BCUT2D eigenvalue weighted by Gasteiger charge is -2.38. The molecule has 5 rings (SSSR count). The number of anilines is 2. The van der Waals surface area contributed by atoms with Gasteiger partial charge in [0.15, 0.2) is 5.78 Å². The normalized spacial score (nSPS) is 18.2. The third kappa shape index (κ3) is 5.13. The van der Waals surface area contributed by atoms with E-state index in [1.54, 1.807) is 25.6 Å². The summed E-state index contributed by atoms with van der Waals surface area (Å²) in [7, 11) is 3.23. The molecule has 7 nitrogen and oxygen atoms in total. The van der Waals surface area contributed by atoms with Crippen LogP contribution in [0.1, 0.15) is 43.2 Å². The molecular formula is C30H33N3O4S. The van der Waals surface area contributed by atoms with Crippen LogP contribution < -0.4 is 25.0 Å². The van der Waals surface area contributed by atoms with Crippen LogP contribution in [0.3, 0.4) is 0 Å². The van der Waals surface area contributed by atoms with E-state index in [1.807, 2.05) is 64.9 Å². The Balaban J connectivity index is 1.66. The standard InChI is InChI=1S/C30H33N3O4S/c1-30(2)15-23-28(25(34)16-30)29(21-14-19(36-3)11-12-26(21)37-4)33(24-10-6-5-9-22(24)32-23)18-27(35)31-17-20-8-7-13-38-20/h5-14,29,32H,15-18H2,1-4H3,(H,31,35). The van der Waals surface area contributed by atoms with Crippen LogP contribution in [-0.4, -0.2) is 32.5 Å². The highest BCUT2D eigenvalue weighted by Crippen LogP contribution is 2.50. The number of amides is 1. The van der Waals surface area contributed by atoms with Gasteiger partial charge in [-0.3, -0.25) is 9.59 Å². The van der Waals surface area contributed by atoms with Gasteiger partial charge in [0, 0.05) is 28.1 Å². The molecule has 1 amide bonds. The molecule has 2 heterocycles. The predicted octanol–water partition coefficient (Wildman–Crippen LogP) is 5.70. The van der Waals surface area contributed by atoms with E-state index < -0.39 is 6.04 Å². The number of allylic oxidation sites excluding steroid dienone is 1. The number of hydrogen-bond acceptors (Lipinski definition) is 7. The SMILES string of the molecule is COc1ccc(OC)c(C2C3=C(CC(C)(C)CC3=O)Nc3ccccc3N2CC(=O)NCc2cccs2)c1. The van der Waals surface area contributed by atoms with Crippen molar-refractivity contribution in [2.45, 2.75) is 39.3 Å². The van der Waals surface area contributed by atoms with Gasteiger partial charge in [-0.2, -0.15) is 0 Å². The molecule has 2 N–H and O–H groups in total. The predicted molar refractivity (Wildman–Crippen MR) is 151 cm³/mol. The maximum absolute atomic E-state index is 13.9. The number of benzene rings is 2. The average Bonchev–Trinajstić information content (AvgIpc) is 3.37. The molecule has 0 saturated carbocycles. The fraction of sp³-hybridized carbons (Fsp3) is 0.333. The van der Waals surface area contributed by atoms with Crippen molar-refractivity contribution < 1.29 is 19.1 Å². The van der Waals surface area contributed by atoms with Crippen molar-refractivity contribution in [3.63, 3.8) is 0 Å². The van der Waals surface area contributed by atoms with Crippen molar-refractivity contribution in [2.75, 3.05) is 31.0 Å². The molecule has 38 heavy (non-hydrogen) atoms. The van der Waals surface area contributed by atoms with Crippen molar-refractivity contribution in [3.05, 3.63) is 81.7 Å². The molecule has 1 aliphatic heterocycles. The van der Waals surface area contributed by atoms with Crippen LogP contribution in [0.5, 0.6) is 11.5 Å². The summed E-state index contributed by atoms with van der Waals surface area (Å²) >= 11 is 1.60. The quantitative estimate of drug-likeness (QED) is 0.407. The van der Waals surface area contributed by atoms with Crippen LogP contribution in [0.25, 0.3) is 0 Å². The van der Waals surface area contributed by atoms with E-state index in [4.69, 9.17) is 9.47 Å². The zero-order valence-electron chi connectivity index (χ0n) is 22.2. The molecule has 0 radical (unpaired) electrons. The number of nitrogens with one attached hydrogen (secondary N) is 2. The summed E-state index contributed by atoms with van der Waals surface area (Å²) in [6, 6.07) is 16.9. The third-order valence-corrected chi connectivity index (χ3v) is 7.97. The topological polar surface area (TPSA) is 79.9 Å². The molecule has 2 aliphatic rings. The maximum Gasteiger partial charge on any atom is 0.239 e. The van der Waals surface area contributed by atoms with Crippen molar-refractivity contribution >= 4 is 34.4 Å². The first-order valence-corrected chi connectivity index (χ1v) is 13.6. The van der Waals surface area contributed by atoms with E-state index in [9.17, 15) is 9.59 Å². The number of ketones is 1. The minimum Gasteiger partial charge on any atom is -0.497 e. The number of rotatable bonds is 7. The molecule has 0 bridgehead atoms. The summed E-state index contributed by atoms with van der Waals surface area (Å²) in [6.45, 7) is 4.75. The summed E-state index contributed by atoms with van der Waals surface area (Å²) in [4.78, 5) is 30.4. The number of fused-ring (bicyclic) bond motifs is 1. The highest BCUT2D eigenvalue weighted by atomic mass is 32.1. The number of hydrogen-bond donors (Lipinski definition) is 2.